The number of nitrogens with one attached hydrogen (secondary N) is 1. The van der Waals surface area contributed by atoms with Crippen molar-refractivity contribution in [2.24, 2.45) is 0 Å². The highest BCUT2D eigenvalue weighted by Gasteiger charge is 2.35. The summed E-state index contributed by atoms with van der Waals surface area (Å²) in [4.78, 5) is 9.97. The molecule has 1 aromatic rings. The maximum atomic E-state index is 13.3. The lowest BCUT2D eigenvalue weighted by molar-refractivity contribution is -0.385. The largest absolute Gasteiger partial charge is 0.388 e. The number of hydrogen-bond acceptors (Lipinski definition) is 4. The zero-order chi connectivity index (χ0) is 14.1. The predicted molar refractivity (Wildman–Crippen MR) is 67.1 cm³/mol. The van der Waals surface area contributed by atoms with E-state index in [0.717, 1.165) is 12.1 Å². The van der Waals surface area contributed by atoms with E-state index in [-0.39, 0.29) is 11.4 Å². The lowest BCUT2D eigenvalue weighted by atomic mass is 9.86. The highest BCUT2D eigenvalue weighted by molar-refractivity contribution is 5.53. The minimum absolute atomic E-state index is 0.258. The Hall–Kier alpha value is -1.69. The van der Waals surface area contributed by atoms with Crippen LogP contribution >= 0.6 is 0 Å². The first-order valence-corrected chi connectivity index (χ1v) is 5.48. The van der Waals surface area contributed by atoms with E-state index in [1.54, 1.807) is 27.7 Å². The van der Waals surface area contributed by atoms with Gasteiger partial charge in [-0.1, -0.05) is 0 Å². The standard InChI is InChI=1S/C12H17FN2O3/c1-11(2,12(3,4)16)14-9-5-8(13)6-10(7-9)15(17)18/h5-7,14,16H,1-4H3. The van der Waals surface area contributed by atoms with E-state index in [0.29, 0.717) is 0 Å². The van der Waals surface area contributed by atoms with Gasteiger partial charge in [-0.2, -0.15) is 0 Å². The molecule has 5 nitrogen and oxygen atoms in total. The highest BCUT2D eigenvalue weighted by Crippen LogP contribution is 2.28. The van der Waals surface area contributed by atoms with Crippen molar-refractivity contribution in [3.63, 3.8) is 0 Å². The molecule has 0 saturated heterocycles. The summed E-state index contributed by atoms with van der Waals surface area (Å²) >= 11 is 0. The maximum absolute atomic E-state index is 13.3. The van der Waals surface area contributed by atoms with E-state index in [1.807, 2.05) is 0 Å². The van der Waals surface area contributed by atoms with Crippen molar-refractivity contribution < 1.29 is 14.4 Å². The Bertz CT molecular complexity index is 467. The Morgan fingerprint density at radius 3 is 2.28 bits per heavy atom. The molecule has 0 heterocycles. The van der Waals surface area contributed by atoms with Crippen LogP contribution in [0.5, 0.6) is 0 Å². The molecule has 0 radical (unpaired) electrons. The molecule has 0 atom stereocenters. The zero-order valence-corrected chi connectivity index (χ0v) is 10.8. The monoisotopic (exact) mass is 256 g/mol. The minimum atomic E-state index is -1.08. The average molecular weight is 256 g/mol. The highest BCUT2D eigenvalue weighted by atomic mass is 19.1. The fraction of sp³-hybridized carbons (Fsp3) is 0.500. The number of nitro benzene ring substituents is 1. The molecule has 0 saturated carbocycles. The third-order valence-electron chi connectivity index (χ3n) is 3.08. The van der Waals surface area contributed by atoms with Gasteiger partial charge >= 0.3 is 0 Å². The summed E-state index contributed by atoms with van der Waals surface area (Å²) in [6.07, 6.45) is 0. The van der Waals surface area contributed by atoms with Gasteiger partial charge in [0.1, 0.15) is 5.82 Å². The van der Waals surface area contributed by atoms with Crippen LogP contribution in [0.25, 0.3) is 0 Å². The van der Waals surface area contributed by atoms with Gasteiger partial charge in [-0.3, -0.25) is 10.1 Å². The molecule has 0 spiro atoms. The lowest BCUT2D eigenvalue weighted by Gasteiger charge is -2.38. The molecule has 100 valence electrons. The first-order valence-electron chi connectivity index (χ1n) is 5.48. The smallest absolute Gasteiger partial charge is 0.274 e. The number of nitro groups is 1. The Morgan fingerprint density at radius 2 is 1.83 bits per heavy atom. The second-order valence-electron chi connectivity index (χ2n) is 5.26. The van der Waals surface area contributed by atoms with Crippen LogP contribution in [0.4, 0.5) is 15.8 Å². The van der Waals surface area contributed by atoms with Crippen molar-refractivity contribution >= 4 is 11.4 Å². The number of benzene rings is 1. The summed E-state index contributed by atoms with van der Waals surface area (Å²) in [7, 11) is 0. The SMILES string of the molecule is CC(C)(O)C(C)(C)Nc1cc(F)cc([N+](=O)[O-])c1. The third-order valence-corrected chi connectivity index (χ3v) is 3.08. The topological polar surface area (TPSA) is 75.4 Å². The molecule has 0 aliphatic heterocycles. The quantitative estimate of drug-likeness (QED) is 0.641. The molecule has 6 heteroatoms. The summed E-state index contributed by atoms with van der Waals surface area (Å²) in [5, 5.41) is 23.5. The van der Waals surface area contributed by atoms with Crippen LogP contribution in [-0.4, -0.2) is 21.2 Å². The van der Waals surface area contributed by atoms with E-state index in [1.165, 1.54) is 6.07 Å². The third kappa shape index (κ3) is 3.16. The van der Waals surface area contributed by atoms with Crippen LogP contribution in [0.15, 0.2) is 18.2 Å². The molecular weight excluding hydrogens is 239 g/mol. The molecule has 0 bridgehead atoms. The number of halogens is 1. The zero-order valence-electron chi connectivity index (χ0n) is 10.8. The molecule has 0 amide bonds. The second kappa shape index (κ2) is 4.53. The minimum Gasteiger partial charge on any atom is -0.388 e. The van der Waals surface area contributed by atoms with Crippen LogP contribution in [0.2, 0.25) is 0 Å². The molecule has 0 unspecified atom stereocenters. The van der Waals surface area contributed by atoms with Crippen LogP contribution in [0.1, 0.15) is 27.7 Å². The van der Waals surface area contributed by atoms with Crippen LogP contribution < -0.4 is 5.32 Å². The molecular formula is C12H17FN2O3. The Kier molecular flexibility index (Phi) is 3.62. The van der Waals surface area contributed by atoms with Crippen molar-refractivity contribution in [1.82, 2.24) is 0 Å². The average Bonchev–Trinajstić information content (AvgIpc) is 2.13. The molecule has 2 N–H and O–H groups in total. The van der Waals surface area contributed by atoms with E-state index < -0.39 is 21.9 Å². The fourth-order valence-corrected chi connectivity index (χ4v) is 1.27. The van der Waals surface area contributed by atoms with Crippen molar-refractivity contribution in [3.8, 4) is 0 Å². The van der Waals surface area contributed by atoms with Gasteiger partial charge < -0.3 is 10.4 Å². The van der Waals surface area contributed by atoms with E-state index >= 15 is 0 Å². The summed E-state index contributed by atoms with van der Waals surface area (Å²) in [5.41, 5.74) is -1.92. The number of aliphatic hydroxyl groups is 1. The normalized spacial score (nSPS) is 12.3. The van der Waals surface area contributed by atoms with Gasteiger partial charge in [-0.15, -0.1) is 0 Å². The molecule has 0 fully saturated rings. The summed E-state index contributed by atoms with van der Waals surface area (Å²) < 4.78 is 13.3. The number of rotatable bonds is 4. The Labute approximate surface area is 105 Å². The second-order valence-corrected chi connectivity index (χ2v) is 5.26. The maximum Gasteiger partial charge on any atom is 0.274 e. The van der Waals surface area contributed by atoms with Crippen molar-refractivity contribution in [1.29, 1.82) is 0 Å². The molecule has 18 heavy (non-hydrogen) atoms. The molecule has 1 rings (SSSR count). The van der Waals surface area contributed by atoms with E-state index in [2.05, 4.69) is 5.32 Å². The molecule has 1 aromatic carbocycles. The van der Waals surface area contributed by atoms with Gasteiger partial charge in [0.05, 0.1) is 22.1 Å². The van der Waals surface area contributed by atoms with Crippen LogP contribution in [0.3, 0.4) is 0 Å². The van der Waals surface area contributed by atoms with Crippen molar-refractivity contribution in [2.75, 3.05) is 5.32 Å². The predicted octanol–water partition coefficient (Wildman–Crippen LogP) is 2.70. The number of nitrogens with zero attached hydrogens (tertiary/aromatic N) is 1. The molecule has 0 aromatic heterocycles. The Balaban J connectivity index is 3.09. The number of hydrogen-bond donors (Lipinski definition) is 2. The lowest BCUT2D eigenvalue weighted by Crippen LogP contribution is -2.51. The molecule has 0 aliphatic carbocycles. The number of anilines is 1. The van der Waals surface area contributed by atoms with Crippen molar-refractivity contribution in [2.45, 2.75) is 38.8 Å². The van der Waals surface area contributed by atoms with Crippen LogP contribution in [0, 0.1) is 15.9 Å². The van der Waals surface area contributed by atoms with Gasteiger partial charge in [0.15, 0.2) is 0 Å². The van der Waals surface area contributed by atoms with E-state index in [9.17, 15) is 19.6 Å². The molecule has 0 aliphatic rings. The van der Waals surface area contributed by atoms with Gasteiger partial charge in [0.2, 0.25) is 0 Å². The first kappa shape index (κ1) is 14.4. The van der Waals surface area contributed by atoms with Crippen molar-refractivity contribution in [3.05, 3.63) is 34.1 Å². The van der Waals surface area contributed by atoms with Gasteiger partial charge in [0.25, 0.3) is 5.69 Å². The number of non-ortho nitro benzene ring substituents is 1. The first-order chi connectivity index (χ1) is 8.03. The van der Waals surface area contributed by atoms with E-state index in [4.69, 9.17) is 0 Å². The van der Waals surface area contributed by atoms with Gasteiger partial charge in [-0.05, 0) is 33.8 Å². The summed E-state index contributed by atoms with van der Waals surface area (Å²) in [5.74, 6) is -0.696. The fourth-order valence-electron chi connectivity index (χ4n) is 1.27. The van der Waals surface area contributed by atoms with Gasteiger partial charge in [0, 0.05) is 11.8 Å². The van der Waals surface area contributed by atoms with Crippen LogP contribution in [-0.2, 0) is 0 Å². The van der Waals surface area contributed by atoms with Gasteiger partial charge in [-0.25, -0.2) is 4.39 Å². The Morgan fingerprint density at radius 1 is 1.28 bits per heavy atom. The summed E-state index contributed by atoms with van der Waals surface area (Å²) in [6, 6.07) is 3.24. The summed E-state index contributed by atoms with van der Waals surface area (Å²) in [6.45, 7) is 6.66.